The van der Waals surface area contributed by atoms with Crippen molar-refractivity contribution in [3.63, 3.8) is 0 Å². The highest BCUT2D eigenvalue weighted by Gasteiger charge is 2.51. The minimum Gasteiger partial charge on any atom is -0.481 e. The van der Waals surface area contributed by atoms with E-state index in [1.165, 1.54) is 12.1 Å². The van der Waals surface area contributed by atoms with Gasteiger partial charge in [0, 0.05) is 17.1 Å². The smallest absolute Gasteiger partial charge is 0.306 e. The summed E-state index contributed by atoms with van der Waals surface area (Å²) in [6.45, 7) is 2.49. The van der Waals surface area contributed by atoms with Crippen LogP contribution in [-0.2, 0) is 17.0 Å². The number of halogens is 3. The van der Waals surface area contributed by atoms with E-state index in [0.29, 0.717) is 17.1 Å². The summed E-state index contributed by atoms with van der Waals surface area (Å²) in [5.41, 5.74) is -1.37. The molecule has 1 saturated heterocycles. The molecule has 6 heteroatoms. The summed E-state index contributed by atoms with van der Waals surface area (Å²) < 4.78 is 28.9. The van der Waals surface area contributed by atoms with Crippen molar-refractivity contribution < 1.29 is 18.7 Å². The van der Waals surface area contributed by atoms with Crippen LogP contribution in [-0.4, -0.2) is 29.1 Å². The Hall–Kier alpha value is -1.20. The van der Waals surface area contributed by atoms with E-state index in [-0.39, 0.29) is 18.4 Å². The third-order valence-corrected chi connectivity index (χ3v) is 5.05. The lowest BCUT2D eigenvalue weighted by Gasteiger charge is -2.39. The molecule has 1 saturated carbocycles. The Bertz CT molecular complexity index is 596. The van der Waals surface area contributed by atoms with Crippen molar-refractivity contribution in [2.75, 3.05) is 13.1 Å². The first-order valence-electron chi connectivity index (χ1n) is 7.51. The first-order valence-corrected chi connectivity index (χ1v) is 7.89. The van der Waals surface area contributed by atoms with Crippen molar-refractivity contribution in [1.29, 1.82) is 0 Å². The van der Waals surface area contributed by atoms with Gasteiger partial charge in [0.1, 0.15) is 11.5 Å². The maximum atomic E-state index is 14.7. The third kappa shape index (κ3) is 2.84. The number of hydrogen-bond acceptors (Lipinski definition) is 2. The summed E-state index contributed by atoms with van der Waals surface area (Å²) in [6.07, 6.45) is 1.87. The van der Waals surface area contributed by atoms with E-state index in [2.05, 4.69) is 4.90 Å². The van der Waals surface area contributed by atoms with E-state index < -0.39 is 23.4 Å². The maximum absolute atomic E-state index is 14.7. The summed E-state index contributed by atoms with van der Waals surface area (Å²) >= 11 is 6.19. The summed E-state index contributed by atoms with van der Waals surface area (Å²) in [5, 5.41) is 9.19. The van der Waals surface area contributed by atoms with Crippen molar-refractivity contribution >= 4 is 17.6 Å². The highest BCUT2D eigenvalue weighted by molar-refractivity contribution is 6.31. The standard InChI is InChI=1S/C16H18ClF2NO2/c17-13-6-12(16(19)7-11(8-16)15(21)22)14(18)5-10(13)9-20-3-1-2-4-20/h5-6,11H,1-4,7-9H2,(H,21,22). The second kappa shape index (κ2) is 5.78. The zero-order valence-electron chi connectivity index (χ0n) is 12.1. The number of aliphatic carboxylic acids is 1. The molecule has 120 valence electrons. The lowest BCUT2D eigenvalue weighted by atomic mass is 9.68. The second-order valence-electron chi connectivity index (χ2n) is 6.32. The predicted octanol–water partition coefficient (Wildman–Crippen LogP) is 3.73. The van der Waals surface area contributed by atoms with Crippen LogP contribution in [0.1, 0.15) is 36.8 Å². The molecule has 3 nitrogen and oxygen atoms in total. The van der Waals surface area contributed by atoms with E-state index in [0.717, 1.165) is 25.9 Å². The molecule has 0 aromatic heterocycles. The molecule has 1 heterocycles. The highest BCUT2D eigenvalue weighted by atomic mass is 35.5. The molecule has 0 amide bonds. The lowest BCUT2D eigenvalue weighted by Crippen LogP contribution is -2.41. The molecule has 1 aliphatic carbocycles. The fourth-order valence-corrected chi connectivity index (χ4v) is 3.57. The number of carbonyl (C=O) groups is 1. The molecular weight excluding hydrogens is 312 g/mol. The van der Waals surface area contributed by atoms with E-state index in [1.807, 2.05) is 0 Å². The topological polar surface area (TPSA) is 40.5 Å². The zero-order valence-corrected chi connectivity index (χ0v) is 12.9. The lowest BCUT2D eigenvalue weighted by molar-refractivity contribution is -0.152. The van der Waals surface area contributed by atoms with Gasteiger partial charge in [-0.3, -0.25) is 9.69 Å². The first kappa shape index (κ1) is 15.7. The van der Waals surface area contributed by atoms with Crippen LogP contribution in [0, 0.1) is 11.7 Å². The van der Waals surface area contributed by atoms with Crippen molar-refractivity contribution in [2.45, 2.75) is 37.9 Å². The molecule has 1 aromatic rings. The Morgan fingerprint density at radius 3 is 2.59 bits per heavy atom. The van der Waals surface area contributed by atoms with E-state index in [4.69, 9.17) is 16.7 Å². The van der Waals surface area contributed by atoms with Gasteiger partial charge in [-0.15, -0.1) is 0 Å². The van der Waals surface area contributed by atoms with Crippen LogP contribution in [0.3, 0.4) is 0 Å². The van der Waals surface area contributed by atoms with Crippen LogP contribution in [0.2, 0.25) is 5.02 Å². The van der Waals surface area contributed by atoms with Crippen LogP contribution in [0.5, 0.6) is 0 Å². The van der Waals surface area contributed by atoms with E-state index in [9.17, 15) is 13.6 Å². The number of rotatable bonds is 4. The monoisotopic (exact) mass is 329 g/mol. The molecule has 1 aliphatic heterocycles. The molecule has 1 N–H and O–H groups in total. The Morgan fingerprint density at radius 1 is 1.36 bits per heavy atom. The largest absolute Gasteiger partial charge is 0.481 e. The molecule has 2 fully saturated rings. The first-order chi connectivity index (χ1) is 10.4. The number of likely N-dealkylation sites (tertiary alicyclic amines) is 1. The highest BCUT2D eigenvalue weighted by Crippen LogP contribution is 2.50. The van der Waals surface area contributed by atoms with E-state index in [1.54, 1.807) is 0 Å². The van der Waals surface area contributed by atoms with Crippen molar-refractivity contribution in [1.82, 2.24) is 4.90 Å². The molecular formula is C16H18ClF2NO2. The fourth-order valence-electron chi connectivity index (χ4n) is 3.35. The second-order valence-corrected chi connectivity index (χ2v) is 6.72. The van der Waals surface area contributed by atoms with Crippen molar-refractivity contribution in [2.24, 2.45) is 5.92 Å². The van der Waals surface area contributed by atoms with Gasteiger partial charge in [-0.25, -0.2) is 8.78 Å². The molecule has 3 rings (SSSR count). The van der Waals surface area contributed by atoms with Crippen LogP contribution >= 0.6 is 11.6 Å². The molecule has 0 radical (unpaired) electrons. The number of carboxylic acids is 1. The minimum atomic E-state index is -1.91. The van der Waals surface area contributed by atoms with Gasteiger partial charge in [-0.1, -0.05) is 11.6 Å². The van der Waals surface area contributed by atoms with Gasteiger partial charge in [-0.2, -0.15) is 0 Å². The molecule has 0 spiro atoms. The van der Waals surface area contributed by atoms with Crippen LogP contribution in [0.25, 0.3) is 0 Å². The SMILES string of the molecule is O=C(O)C1CC(F)(c2cc(Cl)c(CN3CCCC3)cc2F)C1. The quantitative estimate of drug-likeness (QED) is 0.915. The Morgan fingerprint density at radius 2 is 2.00 bits per heavy atom. The molecule has 0 unspecified atom stereocenters. The van der Waals surface area contributed by atoms with Crippen LogP contribution in [0.4, 0.5) is 8.78 Å². The summed E-state index contributed by atoms with van der Waals surface area (Å²) in [4.78, 5) is 13.0. The van der Waals surface area contributed by atoms with Gasteiger partial charge in [0.05, 0.1) is 5.92 Å². The van der Waals surface area contributed by atoms with Crippen molar-refractivity contribution in [3.05, 3.63) is 34.1 Å². The zero-order chi connectivity index (χ0) is 15.9. The fraction of sp³-hybridized carbons (Fsp3) is 0.562. The Labute approximate surface area is 132 Å². The predicted molar refractivity (Wildman–Crippen MR) is 79.1 cm³/mol. The van der Waals surface area contributed by atoms with Crippen LogP contribution < -0.4 is 0 Å². The Balaban J connectivity index is 1.79. The van der Waals surface area contributed by atoms with Gasteiger partial charge >= 0.3 is 5.97 Å². The third-order valence-electron chi connectivity index (χ3n) is 4.70. The maximum Gasteiger partial charge on any atom is 0.306 e. The molecule has 2 aliphatic rings. The Kier molecular flexibility index (Phi) is 4.12. The van der Waals surface area contributed by atoms with Crippen LogP contribution in [0.15, 0.2) is 12.1 Å². The van der Waals surface area contributed by atoms with E-state index >= 15 is 0 Å². The number of alkyl halides is 1. The van der Waals surface area contributed by atoms with Crippen molar-refractivity contribution in [3.8, 4) is 0 Å². The number of carboxylic acid groups (broad SMARTS) is 1. The molecule has 0 atom stereocenters. The van der Waals surface area contributed by atoms with Gasteiger partial charge in [0.15, 0.2) is 0 Å². The normalized spacial score (nSPS) is 28.6. The van der Waals surface area contributed by atoms with Gasteiger partial charge < -0.3 is 5.11 Å². The number of nitrogens with zero attached hydrogens (tertiary/aromatic N) is 1. The summed E-state index contributed by atoms with van der Waals surface area (Å²) in [5.74, 6) is -2.41. The number of hydrogen-bond donors (Lipinski definition) is 1. The van der Waals surface area contributed by atoms with Gasteiger partial charge in [0.25, 0.3) is 0 Å². The molecule has 22 heavy (non-hydrogen) atoms. The van der Waals surface area contributed by atoms with Gasteiger partial charge in [-0.05, 0) is 56.5 Å². The average Bonchev–Trinajstić information content (AvgIpc) is 2.91. The minimum absolute atomic E-state index is 0.111. The average molecular weight is 330 g/mol. The summed E-state index contributed by atoms with van der Waals surface area (Å²) in [7, 11) is 0. The molecule has 1 aromatic carbocycles. The van der Waals surface area contributed by atoms with Gasteiger partial charge in [0.2, 0.25) is 0 Å². The summed E-state index contributed by atoms with van der Waals surface area (Å²) in [6, 6.07) is 2.63. The number of benzene rings is 1. The molecule has 0 bridgehead atoms.